The number of carbonyl (C=O) groups is 1. The van der Waals surface area contributed by atoms with Crippen LogP contribution in [0.15, 0.2) is 52.4 Å². The lowest BCUT2D eigenvalue weighted by molar-refractivity contribution is -0.137. The number of nitrogens with zero attached hydrogens (tertiary/aromatic N) is 4. The third-order valence-electron chi connectivity index (χ3n) is 7.72. The molecule has 0 spiro atoms. The van der Waals surface area contributed by atoms with E-state index >= 15 is 0 Å². The maximum absolute atomic E-state index is 14.5. The summed E-state index contributed by atoms with van der Waals surface area (Å²) in [5.41, 5.74) is 10.9. The van der Waals surface area contributed by atoms with Gasteiger partial charge in [0, 0.05) is 62.7 Å². The van der Waals surface area contributed by atoms with Crippen molar-refractivity contribution in [2.75, 3.05) is 40.3 Å². The first kappa shape index (κ1) is 22.2. The number of hydrogen-bond donors (Lipinski definition) is 2. The average Bonchev–Trinajstić information content (AvgIpc) is 3.15. The van der Waals surface area contributed by atoms with Gasteiger partial charge in [0.15, 0.2) is 0 Å². The molecule has 7 nitrogen and oxygen atoms in total. The molecule has 2 N–H and O–H groups in total. The van der Waals surface area contributed by atoms with Crippen molar-refractivity contribution >= 4 is 23.3 Å². The molecule has 182 valence electrons. The standard InChI is InChI=1S/C27H30FN5O2/c1-31-13-22(17-4-3-7-33(12-17)15-25(35)32(2)19-10-20(34)11-19)27-23(14-31)21-9-18(28)8-16-5-6-24(26(16)21)29-30-27/h4-6,8-9,14,19-20,30,34H,3,7,10-13,15H2,1-2H3. The number of fused-ring (bicyclic) bond motifs is 2. The Morgan fingerprint density at radius 2 is 2.11 bits per heavy atom. The first-order valence-electron chi connectivity index (χ1n) is 12.2. The number of aliphatic hydroxyl groups is 1. The Balaban J connectivity index is 1.28. The Labute approximate surface area is 204 Å². The average molecular weight is 476 g/mol. The maximum atomic E-state index is 14.5. The van der Waals surface area contributed by atoms with Gasteiger partial charge in [-0.3, -0.25) is 15.1 Å². The van der Waals surface area contributed by atoms with E-state index in [2.05, 4.69) is 32.6 Å². The molecular weight excluding hydrogens is 445 g/mol. The van der Waals surface area contributed by atoms with Gasteiger partial charge in [0.2, 0.25) is 5.91 Å². The molecule has 5 aliphatic rings. The van der Waals surface area contributed by atoms with Crippen LogP contribution in [0.5, 0.6) is 0 Å². The van der Waals surface area contributed by atoms with Crippen LogP contribution in [-0.4, -0.2) is 83.8 Å². The highest BCUT2D eigenvalue weighted by atomic mass is 19.1. The summed E-state index contributed by atoms with van der Waals surface area (Å²) >= 11 is 0. The molecule has 0 saturated heterocycles. The van der Waals surface area contributed by atoms with Crippen molar-refractivity contribution in [1.82, 2.24) is 20.1 Å². The molecule has 3 aliphatic heterocycles. The molecule has 0 unspecified atom stereocenters. The summed E-state index contributed by atoms with van der Waals surface area (Å²) < 4.78 is 14.5. The van der Waals surface area contributed by atoms with Crippen molar-refractivity contribution in [2.24, 2.45) is 5.10 Å². The lowest BCUT2D eigenvalue weighted by Crippen LogP contribution is -2.51. The van der Waals surface area contributed by atoms with Crippen molar-refractivity contribution in [3.05, 3.63) is 69.8 Å². The molecule has 1 aromatic carbocycles. The molecule has 6 rings (SSSR count). The van der Waals surface area contributed by atoms with Gasteiger partial charge >= 0.3 is 0 Å². The molecule has 1 fully saturated rings. The van der Waals surface area contributed by atoms with Gasteiger partial charge in [-0.05, 0) is 54.2 Å². The maximum Gasteiger partial charge on any atom is 0.236 e. The SMILES string of the molecule is CN1C=C2C(=C(C3=CCCN(CC(=O)N(C)C4CC(O)C4)C3)C1)NN=C1C=Cc3cc(F)cc2c31. The number of benzene rings is 1. The first-order valence-corrected chi connectivity index (χ1v) is 12.2. The van der Waals surface area contributed by atoms with Crippen LogP contribution in [-0.2, 0) is 4.79 Å². The predicted octanol–water partition coefficient (Wildman–Crippen LogP) is 2.31. The number of amides is 1. The van der Waals surface area contributed by atoms with Crippen LogP contribution in [0.25, 0.3) is 11.6 Å². The number of likely N-dealkylation sites (N-methyl/N-ethyl adjacent to an activating group) is 2. The van der Waals surface area contributed by atoms with E-state index in [1.165, 1.54) is 5.57 Å². The van der Waals surface area contributed by atoms with E-state index in [0.29, 0.717) is 32.5 Å². The summed E-state index contributed by atoms with van der Waals surface area (Å²) in [6, 6.07) is 3.30. The van der Waals surface area contributed by atoms with E-state index in [-0.39, 0.29) is 23.9 Å². The van der Waals surface area contributed by atoms with Gasteiger partial charge < -0.3 is 14.9 Å². The van der Waals surface area contributed by atoms with Crippen molar-refractivity contribution in [2.45, 2.75) is 31.4 Å². The minimum absolute atomic E-state index is 0.0924. The monoisotopic (exact) mass is 475 g/mol. The molecule has 0 aromatic heterocycles. The van der Waals surface area contributed by atoms with Crippen LogP contribution in [0.4, 0.5) is 4.39 Å². The van der Waals surface area contributed by atoms with Crippen LogP contribution in [0.1, 0.15) is 36.0 Å². The molecule has 1 amide bonds. The zero-order valence-corrected chi connectivity index (χ0v) is 20.1. The second-order valence-corrected chi connectivity index (χ2v) is 10.2. The molecule has 0 radical (unpaired) electrons. The van der Waals surface area contributed by atoms with Crippen molar-refractivity contribution < 1.29 is 14.3 Å². The van der Waals surface area contributed by atoms with E-state index in [0.717, 1.165) is 52.2 Å². The molecule has 0 atom stereocenters. The smallest absolute Gasteiger partial charge is 0.236 e. The molecule has 35 heavy (non-hydrogen) atoms. The Kier molecular flexibility index (Phi) is 5.38. The van der Waals surface area contributed by atoms with E-state index in [1.807, 2.05) is 26.2 Å². The minimum Gasteiger partial charge on any atom is -0.393 e. The number of allylic oxidation sites excluding steroid dienone is 2. The van der Waals surface area contributed by atoms with Gasteiger partial charge in [0.05, 0.1) is 24.1 Å². The highest BCUT2D eigenvalue weighted by molar-refractivity contribution is 6.20. The third kappa shape index (κ3) is 3.90. The normalized spacial score (nSPS) is 25.0. The highest BCUT2D eigenvalue weighted by Crippen LogP contribution is 2.39. The molecule has 1 aromatic rings. The van der Waals surface area contributed by atoms with Crippen LogP contribution in [0.3, 0.4) is 0 Å². The second kappa shape index (κ2) is 8.46. The van der Waals surface area contributed by atoms with Gasteiger partial charge in [0.1, 0.15) is 5.82 Å². The zero-order chi connectivity index (χ0) is 24.3. The summed E-state index contributed by atoms with van der Waals surface area (Å²) in [6.45, 7) is 2.57. The number of halogens is 1. The van der Waals surface area contributed by atoms with Crippen molar-refractivity contribution in [3.8, 4) is 0 Å². The number of hydrazone groups is 1. The second-order valence-electron chi connectivity index (χ2n) is 10.2. The van der Waals surface area contributed by atoms with Gasteiger partial charge in [-0.15, -0.1) is 0 Å². The number of hydrogen-bond acceptors (Lipinski definition) is 6. The third-order valence-corrected chi connectivity index (χ3v) is 7.72. The quantitative estimate of drug-likeness (QED) is 0.700. The first-order chi connectivity index (χ1) is 16.9. The summed E-state index contributed by atoms with van der Waals surface area (Å²) in [5.74, 6) is -0.166. The Bertz CT molecular complexity index is 1250. The summed E-state index contributed by atoms with van der Waals surface area (Å²) in [5, 5.41) is 14.3. The molecule has 8 heteroatoms. The molecule has 3 heterocycles. The van der Waals surface area contributed by atoms with Gasteiger partial charge in [-0.1, -0.05) is 12.2 Å². The Hall–Kier alpha value is -3.23. The molecule has 1 saturated carbocycles. The largest absolute Gasteiger partial charge is 0.393 e. The van der Waals surface area contributed by atoms with Gasteiger partial charge in [0.25, 0.3) is 0 Å². The lowest BCUT2D eigenvalue weighted by atomic mass is 9.88. The van der Waals surface area contributed by atoms with Crippen molar-refractivity contribution in [3.63, 3.8) is 0 Å². The predicted molar refractivity (Wildman–Crippen MR) is 134 cm³/mol. The summed E-state index contributed by atoms with van der Waals surface area (Å²) in [4.78, 5) is 19.0. The fourth-order valence-electron chi connectivity index (χ4n) is 5.68. The van der Waals surface area contributed by atoms with Crippen LogP contribution in [0.2, 0.25) is 0 Å². The fourth-order valence-corrected chi connectivity index (χ4v) is 5.68. The van der Waals surface area contributed by atoms with Crippen LogP contribution in [0, 0.1) is 5.82 Å². The van der Waals surface area contributed by atoms with Crippen LogP contribution >= 0.6 is 0 Å². The van der Waals surface area contributed by atoms with E-state index < -0.39 is 0 Å². The molecule has 2 aliphatic carbocycles. The van der Waals surface area contributed by atoms with Gasteiger partial charge in [-0.2, -0.15) is 5.10 Å². The zero-order valence-electron chi connectivity index (χ0n) is 20.1. The lowest BCUT2D eigenvalue weighted by Gasteiger charge is -2.39. The number of nitrogens with one attached hydrogen (secondary N) is 1. The number of carbonyl (C=O) groups excluding carboxylic acids is 1. The van der Waals surface area contributed by atoms with Crippen molar-refractivity contribution in [1.29, 1.82) is 0 Å². The number of aliphatic hydroxyl groups excluding tert-OH is 1. The van der Waals surface area contributed by atoms with E-state index in [4.69, 9.17) is 0 Å². The Morgan fingerprint density at radius 3 is 2.91 bits per heavy atom. The van der Waals surface area contributed by atoms with Gasteiger partial charge in [-0.25, -0.2) is 4.39 Å². The Morgan fingerprint density at radius 1 is 1.29 bits per heavy atom. The van der Waals surface area contributed by atoms with E-state index in [1.54, 1.807) is 17.0 Å². The summed E-state index contributed by atoms with van der Waals surface area (Å²) in [6.07, 6.45) is 10.1. The molecular formula is C27H30FN5O2. The number of rotatable bonds is 4. The minimum atomic E-state index is -0.278. The fraction of sp³-hybridized carbons (Fsp3) is 0.407. The molecule has 0 bridgehead atoms. The van der Waals surface area contributed by atoms with Crippen LogP contribution < -0.4 is 5.43 Å². The van der Waals surface area contributed by atoms with E-state index in [9.17, 15) is 14.3 Å². The topological polar surface area (TPSA) is 71.4 Å². The summed E-state index contributed by atoms with van der Waals surface area (Å²) in [7, 11) is 3.87. The highest BCUT2D eigenvalue weighted by Gasteiger charge is 2.34.